The summed E-state index contributed by atoms with van der Waals surface area (Å²) in [5, 5.41) is 4.34. The molecule has 2 aliphatic rings. The number of piperidine rings is 1. The van der Waals surface area contributed by atoms with Gasteiger partial charge in [-0.2, -0.15) is 0 Å². The van der Waals surface area contributed by atoms with E-state index in [1.165, 1.54) is 12.8 Å². The Hall–Kier alpha value is -1.75. The average Bonchev–Trinajstić information content (AvgIpc) is 3.56. The van der Waals surface area contributed by atoms with Crippen LogP contribution in [-0.4, -0.2) is 36.5 Å². The first-order valence-electron chi connectivity index (χ1n) is 10.2. The van der Waals surface area contributed by atoms with Crippen molar-refractivity contribution < 1.29 is 9.53 Å². The van der Waals surface area contributed by atoms with E-state index in [9.17, 15) is 4.79 Å². The molecule has 0 atom stereocenters. The highest BCUT2D eigenvalue weighted by atomic mass is 35.5. The molecule has 1 heterocycles. The van der Waals surface area contributed by atoms with Crippen molar-refractivity contribution in [2.75, 3.05) is 19.6 Å². The van der Waals surface area contributed by atoms with Gasteiger partial charge < -0.3 is 15.0 Å². The number of para-hydroxylation sites is 1. The van der Waals surface area contributed by atoms with Crippen LogP contribution < -0.4 is 10.1 Å². The molecule has 29 heavy (non-hydrogen) atoms. The number of carbonyl (C=O) groups is 1. The lowest BCUT2D eigenvalue weighted by atomic mass is 10.0. The highest BCUT2D eigenvalue weighted by Gasteiger charge is 2.27. The Labute approximate surface area is 184 Å². The van der Waals surface area contributed by atoms with Crippen molar-refractivity contribution in [1.29, 1.82) is 0 Å². The predicted molar refractivity (Wildman–Crippen MR) is 119 cm³/mol. The van der Waals surface area contributed by atoms with Gasteiger partial charge >= 0.3 is 0 Å². The van der Waals surface area contributed by atoms with Crippen molar-refractivity contribution in [3.8, 4) is 5.75 Å². The molecule has 0 unspecified atom stereocenters. The Morgan fingerprint density at radius 2 is 1.72 bits per heavy atom. The number of nitrogens with zero attached hydrogens (tertiary/aromatic N) is 1. The van der Waals surface area contributed by atoms with E-state index in [1.807, 2.05) is 53.4 Å². The van der Waals surface area contributed by atoms with E-state index < -0.39 is 0 Å². The van der Waals surface area contributed by atoms with Crippen LogP contribution in [0.4, 0.5) is 0 Å². The minimum absolute atomic E-state index is 0. The molecule has 0 bridgehead atoms. The largest absolute Gasteiger partial charge is 0.488 e. The molecule has 1 N–H and O–H groups in total. The van der Waals surface area contributed by atoms with Gasteiger partial charge in [0.25, 0.3) is 5.91 Å². The van der Waals surface area contributed by atoms with E-state index in [-0.39, 0.29) is 18.3 Å². The van der Waals surface area contributed by atoms with Crippen LogP contribution in [0.3, 0.4) is 0 Å². The van der Waals surface area contributed by atoms with Crippen LogP contribution in [0.25, 0.3) is 0 Å². The molecule has 0 spiro atoms. The number of hydrogen-bond donors (Lipinski definition) is 1. The summed E-state index contributed by atoms with van der Waals surface area (Å²) >= 11 is 6.22. The number of rotatable bonds is 7. The lowest BCUT2D eigenvalue weighted by Crippen LogP contribution is -2.45. The van der Waals surface area contributed by atoms with Crippen LogP contribution >= 0.6 is 24.0 Å². The van der Waals surface area contributed by atoms with Gasteiger partial charge in [0.15, 0.2) is 0 Å². The fraction of sp³-hybridized carbons (Fsp3) is 0.435. The molecule has 4 rings (SSSR count). The highest BCUT2D eigenvalue weighted by Crippen LogP contribution is 2.28. The second-order valence-corrected chi connectivity index (χ2v) is 8.20. The molecule has 2 fully saturated rings. The summed E-state index contributed by atoms with van der Waals surface area (Å²) < 4.78 is 5.96. The molecule has 1 saturated heterocycles. The van der Waals surface area contributed by atoms with Gasteiger partial charge in [0.05, 0.1) is 5.56 Å². The third-order valence-corrected chi connectivity index (χ3v) is 6.00. The molecular weight excluding hydrogens is 407 g/mol. The molecule has 2 aromatic carbocycles. The van der Waals surface area contributed by atoms with Gasteiger partial charge in [-0.05, 0) is 56.3 Å². The van der Waals surface area contributed by atoms with Crippen LogP contribution in [0.1, 0.15) is 41.6 Å². The zero-order chi connectivity index (χ0) is 19.3. The van der Waals surface area contributed by atoms with E-state index in [2.05, 4.69) is 5.32 Å². The molecule has 156 valence electrons. The maximum atomic E-state index is 13.1. The first kappa shape index (κ1) is 21.9. The highest BCUT2D eigenvalue weighted by molar-refractivity contribution is 6.31. The summed E-state index contributed by atoms with van der Waals surface area (Å²) in [6.45, 7) is 3.06. The number of halogens is 2. The van der Waals surface area contributed by atoms with Crippen LogP contribution in [0.15, 0.2) is 48.5 Å². The van der Waals surface area contributed by atoms with Crippen LogP contribution in [0.5, 0.6) is 5.75 Å². The minimum atomic E-state index is 0. The zero-order valence-electron chi connectivity index (χ0n) is 16.5. The van der Waals surface area contributed by atoms with Crippen LogP contribution in [0, 0.1) is 5.92 Å². The summed E-state index contributed by atoms with van der Waals surface area (Å²) in [5.41, 5.74) is 1.54. The molecule has 1 saturated carbocycles. The Balaban J connectivity index is 0.00000240. The first-order valence-corrected chi connectivity index (χ1v) is 10.6. The van der Waals surface area contributed by atoms with E-state index in [4.69, 9.17) is 16.3 Å². The summed E-state index contributed by atoms with van der Waals surface area (Å²) in [6.07, 6.45) is 4.77. The fourth-order valence-electron chi connectivity index (χ4n) is 3.65. The SMILES string of the molecule is Cl.O=C(c1ccccc1OCc1ccccc1Cl)N1CCC(NCC2CC2)CC1. The number of benzene rings is 2. The third kappa shape index (κ3) is 5.88. The van der Waals surface area contributed by atoms with Gasteiger partial charge in [-0.15, -0.1) is 12.4 Å². The molecule has 0 radical (unpaired) electrons. The fourth-order valence-corrected chi connectivity index (χ4v) is 3.84. The van der Waals surface area contributed by atoms with Crippen molar-refractivity contribution in [3.63, 3.8) is 0 Å². The number of carbonyl (C=O) groups excluding carboxylic acids is 1. The number of hydrogen-bond acceptors (Lipinski definition) is 3. The number of likely N-dealkylation sites (tertiary alicyclic amines) is 1. The standard InChI is InChI=1S/C23H27ClN2O2.ClH/c24-21-7-3-1-5-18(21)16-28-22-8-4-2-6-20(22)23(27)26-13-11-19(12-14-26)25-15-17-9-10-17;/h1-8,17,19,25H,9-16H2;1H. The van der Waals surface area contributed by atoms with E-state index in [0.717, 1.165) is 44.0 Å². The van der Waals surface area contributed by atoms with Crippen molar-refractivity contribution in [2.45, 2.75) is 38.3 Å². The average molecular weight is 435 g/mol. The summed E-state index contributed by atoms with van der Waals surface area (Å²) in [6, 6.07) is 15.6. The van der Waals surface area contributed by atoms with E-state index in [1.54, 1.807) is 0 Å². The normalized spacial score (nSPS) is 16.9. The minimum Gasteiger partial charge on any atom is -0.488 e. The lowest BCUT2D eigenvalue weighted by molar-refractivity contribution is 0.0700. The maximum Gasteiger partial charge on any atom is 0.257 e. The van der Waals surface area contributed by atoms with Gasteiger partial charge in [-0.25, -0.2) is 0 Å². The second-order valence-electron chi connectivity index (χ2n) is 7.79. The number of ether oxygens (including phenoxy) is 1. The Kier molecular flexibility index (Phi) is 7.82. The van der Waals surface area contributed by atoms with Crippen molar-refractivity contribution >= 4 is 29.9 Å². The van der Waals surface area contributed by atoms with Gasteiger partial charge in [-0.1, -0.05) is 41.9 Å². The monoisotopic (exact) mass is 434 g/mol. The van der Waals surface area contributed by atoms with Crippen molar-refractivity contribution in [3.05, 3.63) is 64.7 Å². The summed E-state index contributed by atoms with van der Waals surface area (Å²) in [4.78, 5) is 15.0. The van der Waals surface area contributed by atoms with Crippen molar-refractivity contribution in [1.82, 2.24) is 10.2 Å². The first-order chi connectivity index (χ1) is 13.7. The van der Waals surface area contributed by atoms with Gasteiger partial charge in [0, 0.05) is 29.7 Å². The molecule has 2 aromatic rings. The van der Waals surface area contributed by atoms with Gasteiger partial charge in [-0.3, -0.25) is 4.79 Å². The summed E-state index contributed by atoms with van der Waals surface area (Å²) in [5.74, 6) is 1.55. The molecule has 1 aliphatic carbocycles. The predicted octanol–water partition coefficient (Wildman–Crippen LogP) is 4.95. The maximum absolute atomic E-state index is 13.1. The Morgan fingerprint density at radius 3 is 2.45 bits per heavy atom. The summed E-state index contributed by atoms with van der Waals surface area (Å²) in [7, 11) is 0. The zero-order valence-corrected chi connectivity index (χ0v) is 18.1. The molecule has 1 amide bonds. The van der Waals surface area contributed by atoms with E-state index in [0.29, 0.717) is 29.0 Å². The topological polar surface area (TPSA) is 41.6 Å². The molecular formula is C23H28Cl2N2O2. The number of amides is 1. The number of nitrogens with one attached hydrogen (secondary N) is 1. The molecule has 6 heteroatoms. The Bertz CT molecular complexity index is 818. The third-order valence-electron chi connectivity index (χ3n) is 5.63. The quantitative estimate of drug-likeness (QED) is 0.670. The van der Waals surface area contributed by atoms with E-state index >= 15 is 0 Å². The molecule has 1 aliphatic heterocycles. The van der Waals surface area contributed by atoms with Crippen LogP contribution in [-0.2, 0) is 6.61 Å². The van der Waals surface area contributed by atoms with Crippen LogP contribution in [0.2, 0.25) is 5.02 Å². The smallest absolute Gasteiger partial charge is 0.257 e. The van der Waals surface area contributed by atoms with Crippen molar-refractivity contribution in [2.24, 2.45) is 5.92 Å². The van der Waals surface area contributed by atoms with Gasteiger partial charge in [0.2, 0.25) is 0 Å². The molecule has 4 nitrogen and oxygen atoms in total. The lowest BCUT2D eigenvalue weighted by Gasteiger charge is -2.33. The second kappa shape index (κ2) is 10.3. The Morgan fingerprint density at radius 1 is 1.03 bits per heavy atom. The van der Waals surface area contributed by atoms with Gasteiger partial charge in [0.1, 0.15) is 12.4 Å². The molecule has 0 aromatic heterocycles.